The Bertz CT molecular complexity index is 942. The van der Waals surface area contributed by atoms with Crippen LogP contribution in [-0.4, -0.2) is 15.4 Å². The fraction of sp³-hybridized carbons (Fsp3) is 0.105. The van der Waals surface area contributed by atoms with E-state index in [2.05, 4.69) is 11.1 Å². The maximum atomic E-state index is 8.81. The number of imidazole rings is 1. The molecule has 5 heteroatoms. The SMILES string of the molecule is N#Cc1ccc(CC/C=C/n2c(C(=N)N)nc3ccccc32)cc1. The van der Waals surface area contributed by atoms with Gasteiger partial charge in [-0.05, 0) is 42.7 Å². The minimum Gasteiger partial charge on any atom is -0.381 e. The highest BCUT2D eigenvalue weighted by Crippen LogP contribution is 2.16. The number of benzene rings is 2. The van der Waals surface area contributed by atoms with E-state index >= 15 is 0 Å². The van der Waals surface area contributed by atoms with Gasteiger partial charge in [-0.15, -0.1) is 0 Å². The van der Waals surface area contributed by atoms with Crippen molar-refractivity contribution in [3.8, 4) is 6.07 Å². The molecule has 0 fully saturated rings. The summed E-state index contributed by atoms with van der Waals surface area (Å²) >= 11 is 0. The smallest absolute Gasteiger partial charge is 0.180 e. The van der Waals surface area contributed by atoms with Gasteiger partial charge in [0.25, 0.3) is 0 Å². The first kappa shape index (κ1) is 15.5. The van der Waals surface area contributed by atoms with E-state index in [1.165, 1.54) is 5.56 Å². The van der Waals surface area contributed by atoms with Crippen LogP contribution in [0.4, 0.5) is 0 Å². The van der Waals surface area contributed by atoms with Crippen molar-refractivity contribution >= 4 is 23.1 Å². The van der Waals surface area contributed by atoms with E-state index < -0.39 is 0 Å². The van der Waals surface area contributed by atoms with E-state index in [4.69, 9.17) is 16.4 Å². The van der Waals surface area contributed by atoms with Gasteiger partial charge >= 0.3 is 0 Å². The summed E-state index contributed by atoms with van der Waals surface area (Å²) in [4.78, 5) is 4.40. The van der Waals surface area contributed by atoms with Gasteiger partial charge in [-0.2, -0.15) is 5.26 Å². The van der Waals surface area contributed by atoms with Crippen LogP contribution in [-0.2, 0) is 6.42 Å². The van der Waals surface area contributed by atoms with Gasteiger partial charge in [-0.1, -0.05) is 30.3 Å². The van der Waals surface area contributed by atoms with Crippen LogP contribution in [0.15, 0.2) is 54.6 Å². The van der Waals surface area contributed by atoms with E-state index in [-0.39, 0.29) is 5.84 Å². The molecule has 3 rings (SSSR count). The molecular weight excluding hydrogens is 298 g/mol. The van der Waals surface area contributed by atoms with Crippen molar-refractivity contribution in [2.24, 2.45) is 5.73 Å². The Morgan fingerprint density at radius 1 is 1.21 bits per heavy atom. The van der Waals surface area contributed by atoms with Crippen molar-refractivity contribution in [2.45, 2.75) is 12.8 Å². The van der Waals surface area contributed by atoms with Crippen LogP contribution in [0.2, 0.25) is 0 Å². The molecule has 118 valence electrons. The molecule has 3 N–H and O–H groups in total. The van der Waals surface area contributed by atoms with E-state index in [9.17, 15) is 0 Å². The number of nitrogens with one attached hydrogen (secondary N) is 1. The van der Waals surface area contributed by atoms with Crippen LogP contribution in [0.25, 0.3) is 17.2 Å². The molecule has 0 saturated heterocycles. The molecule has 2 aromatic carbocycles. The molecule has 0 aliphatic rings. The summed E-state index contributed by atoms with van der Waals surface area (Å²) in [6.07, 6.45) is 5.68. The highest BCUT2D eigenvalue weighted by Gasteiger charge is 2.10. The topological polar surface area (TPSA) is 91.5 Å². The zero-order chi connectivity index (χ0) is 16.9. The van der Waals surface area contributed by atoms with Crippen molar-refractivity contribution < 1.29 is 0 Å². The number of hydrogen-bond donors (Lipinski definition) is 2. The lowest BCUT2D eigenvalue weighted by Crippen LogP contribution is -2.16. The van der Waals surface area contributed by atoms with Crippen LogP contribution >= 0.6 is 0 Å². The molecule has 0 bridgehead atoms. The van der Waals surface area contributed by atoms with Gasteiger partial charge in [-0.25, -0.2) is 4.98 Å². The summed E-state index contributed by atoms with van der Waals surface area (Å²) in [5.74, 6) is 0.397. The monoisotopic (exact) mass is 315 g/mol. The van der Waals surface area contributed by atoms with Crippen molar-refractivity contribution in [2.75, 3.05) is 0 Å². The Morgan fingerprint density at radius 2 is 1.96 bits per heavy atom. The van der Waals surface area contributed by atoms with E-state index in [1.54, 1.807) is 0 Å². The molecule has 0 spiro atoms. The van der Waals surface area contributed by atoms with Crippen molar-refractivity contribution in [1.29, 1.82) is 10.7 Å². The van der Waals surface area contributed by atoms with E-state index in [0.29, 0.717) is 11.4 Å². The zero-order valence-electron chi connectivity index (χ0n) is 13.1. The molecule has 24 heavy (non-hydrogen) atoms. The Kier molecular flexibility index (Phi) is 4.39. The summed E-state index contributed by atoms with van der Waals surface area (Å²) in [5, 5.41) is 16.5. The van der Waals surface area contributed by atoms with Gasteiger partial charge in [-0.3, -0.25) is 9.98 Å². The van der Waals surface area contributed by atoms with Gasteiger partial charge in [0.2, 0.25) is 0 Å². The Morgan fingerprint density at radius 3 is 2.67 bits per heavy atom. The summed E-state index contributed by atoms with van der Waals surface area (Å²) < 4.78 is 1.84. The second-order valence-electron chi connectivity index (χ2n) is 5.44. The third kappa shape index (κ3) is 3.18. The van der Waals surface area contributed by atoms with E-state index in [1.807, 2.05) is 65.4 Å². The summed E-state index contributed by atoms with van der Waals surface area (Å²) in [6, 6.07) is 17.4. The normalized spacial score (nSPS) is 11.0. The van der Waals surface area contributed by atoms with Crippen LogP contribution in [0.1, 0.15) is 23.4 Å². The van der Waals surface area contributed by atoms with Crippen LogP contribution in [0.5, 0.6) is 0 Å². The lowest BCUT2D eigenvalue weighted by Gasteiger charge is -2.02. The standard InChI is InChI=1S/C19H17N5/c20-13-15-10-8-14(9-11-15)5-3-4-12-24-17-7-2-1-6-16(17)23-19(24)18(21)22/h1-2,4,6-12H,3,5H2,(H3,21,22)/b12-4+. The molecule has 1 aromatic heterocycles. The number of fused-ring (bicyclic) bond motifs is 1. The third-order valence-electron chi connectivity index (χ3n) is 3.77. The maximum Gasteiger partial charge on any atom is 0.180 e. The highest BCUT2D eigenvalue weighted by atomic mass is 15.1. The molecular formula is C19H17N5. The summed E-state index contributed by atoms with van der Waals surface area (Å²) in [5.41, 5.74) is 9.24. The zero-order valence-corrected chi connectivity index (χ0v) is 13.1. The predicted molar refractivity (Wildman–Crippen MR) is 95.6 cm³/mol. The number of nitrogens with zero attached hydrogens (tertiary/aromatic N) is 3. The maximum absolute atomic E-state index is 8.81. The van der Waals surface area contributed by atoms with Crippen LogP contribution in [0, 0.1) is 16.7 Å². The second-order valence-corrected chi connectivity index (χ2v) is 5.44. The number of hydrogen-bond acceptors (Lipinski definition) is 3. The minimum atomic E-state index is -0.0528. The number of rotatable bonds is 5. The average molecular weight is 315 g/mol. The molecule has 0 aliphatic heterocycles. The lowest BCUT2D eigenvalue weighted by atomic mass is 10.1. The third-order valence-corrected chi connectivity index (χ3v) is 3.77. The molecule has 0 aliphatic carbocycles. The van der Waals surface area contributed by atoms with Gasteiger partial charge in [0, 0.05) is 6.20 Å². The number of aromatic nitrogens is 2. The molecule has 0 atom stereocenters. The Balaban J connectivity index is 1.76. The molecule has 1 heterocycles. The van der Waals surface area contributed by atoms with Crippen molar-refractivity contribution in [3.63, 3.8) is 0 Å². The van der Waals surface area contributed by atoms with Crippen molar-refractivity contribution in [3.05, 3.63) is 71.6 Å². The fourth-order valence-corrected chi connectivity index (χ4v) is 2.56. The molecule has 0 radical (unpaired) electrons. The predicted octanol–water partition coefficient (Wildman–Crippen LogP) is 3.30. The molecule has 0 saturated carbocycles. The quantitative estimate of drug-likeness (QED) is 0.559. The average Bonchev–Trinajstić information content (AvgIpc) is 2.98. The Labute approximate surface area is 140 Å². The highest BCUT2D eigenvalue weighted by molar-refractivity contribution is 5.96. The van der Waals surface area contributed by atoms with Crippen molar-refractivity contribution in [1.82, 2.24) is 9.55 Å². The number of amidine groups is 1. The fourth-order valence-electron chi connectivity index (χ4n) is 2.56. The second kappa shape index (κ2) is 6.80. The first-order chi connectivity index (χ1) is 11.7. The molecule has 3 aromatic rings. The number of nitrogen functional groups attached to an aromatic ring is 1. The number of nitrogens with two attached hydrogens (primary N) is 1. The minimum absolute atomic E-state index is 0.0528. The largest absolute Gasteiger partial charge is 0.381 e. The Hall–Kier alpha value is -3.39. The van der Waals surface area contributed by atoms with Gasteiger partial charge in [0.15, 0.2) is 11.7 Å². The number of nitriles is 1. The van der Waals surface area contributed by atoms with E-state index in [0.717, 1.165) is 23.9 Å². The molecule has 0 amide bonds. The summed E-state index contributed by atoms with van der Waals surface area (Å²) in [6.45, 7) is 0. The van der Waals surface area contributed by atoms with Gasteiger partial charge in [0.05, 0.1) is 22.7 Å². The molecule has 0 unspecified atom stereocenters. The lowest BCUT2D eigenvalue weighted by molar-refractivity contribution is 0.995. The van der Waals surface area contributed by atoms with Crippen LogP contribution < -0.4 is 5.73 Å². The summed E-state index contributed by atoms with van der Waals surface area (Å²) in [7, 11) is 0. The van der Waals surface area contributed by atoms with Crippen LogP contribution in [0.3, 0.4) is 0 Å². The number of allylic oxidation sites excluding steroid dienone is 1. The van der Waals surface area contributed by atoms with Gasteiger partial charge < -0.3 is 5.73 Å². The molecule has 5 nitrogen and oxygen atoms in total. The number of para-hydroxylation sites is 2. The number of aryl methyl sites for hydroxylation is 1. The first-order valence-electron chi connectivity index (χ1n) is 7.66. The van der Waals surface area contributed by atoms with Gasteiger partial charge in [0.1, 0.15) is 0 Å². The first-order valence-corrected chi connectivity index (χ1v) is 7.66.